The van der Waals surface area contributed by atoms with Crippen molar-refractivity contribution < 1.29 is 14.5 Å². The molecule has 0 aliphatic rings. The van der Waals surface area contributed by atoms with Crippen LogP contribution in [-0.2, 0) is 4.79 Å². The molecule has 1 aromatic carbocycles. The normalized spacial score (nSPS) is 9.88. The number of aryl methyl sites for hydroxylation is 2. The van der Waals surface area contributed by atoms with Gasteiger partial charge in [-0.2, -0.15) is 0 Å². The molecule has 1 rings (SSSR count). The Kier molecular flexibility index (Phi) is 3.44. The summed E-state index contributed by atoms with van der Waals surface area (Å²) in [6.07, 6.45) is 0. The smallest absolute Gasteiger partial charge is 0.311 e. The number of ether oxygens (including phenoxy) is 1. The number of hydrogen-bond acceptors (Lipinski definition) is 4. The molecule has 0 saturated heterocycles. The van der Waals surface area contributed by atoms with E-state index in [0.717, 1.165) is 5.56 Å². The van der Waals surface area contributed by atoms with Crippen LogP contribution in [0, 0.1) is 24.0 Å². The molecule has 0 saturated carbocycles. The zero-order valence-electron chi connectivity index (χ0n) is 9.02. The van der Waals surface area contributed by atoms with Gasteiger partial charge in [0.1, 0.15) is 0 Å². The molecule has 1 aromatic rings. The Balaban J connectivity index is 3.14. The van der Waals surface area contributed by atoms with Crippen molar-refractivity contribution in [2.24, 2.45) is 5.73 Å². The summed E-state index contributed by atoms with van der Waals surface area (Å²) in [6.45, 7) is 3.05. The molecule has 86 valence electrons. The molecule has 0 bridgehead atoms. The topological polar surface area (TPSA) is 95.5 Å². The van der Waals surface area contributed by atoms with Crippen molar-refractivity contribution in [3.8, 4) is 5.75 Å². The standard InChI is InChI=1S/C10H12N2O4/c1-6-3-7(2)10(16-5-9(11)13)8(4-6)12(14)15/h3-4H,5H2,1-2H3,(H2,11,13). The second-order valence-corrected chi connectivity index (χ2v) is 3.44. The second kappa shape index (κ2) is 4.61. The summed E-state index contributed by atoms with van der Waals surface area (Å²) in [5, 5.41) is 10.8. The number of amides is 1. The molecule has 6 nitrogen and oxygen atoms in total. The van der Waals surface area contributed by atoms with E-state index < -0.39 is 10.8 Å². The van der Waals surface area contributed by atoms with Gasteiger partial charge in [0.05, 0.1) is 4.92 Å². The van der Waals surface area contributed by atoms with Crippen LogP contribution >= 0.6 is 0 Å². The summed E-state index contributed by atoms with van der Waals surface area (Å²) in [4.78, 5) is 20.8. The first-order chi connectivity index (χ1) is 7.41. The Hall–Kier alpha value is -2.11. The van der Waals surface area contributed by atoms with E-state index in [9.17, 15) is 14.9 Å². The minimum atomic E-state index is -0.672. The van der Waals surface area contributed by atoms with Crippen LogP contribution in [0.1, 0.15) is 11.1 Å². The fourth-order valence-corrected chi connectivity index (χ4v) is 1.40. The fourth-order valence-electron chi connectivity index (χ4n) is 1.40. The first-order valence-corrected chi connectivity index (χ1v) is 4.58. The number of nitro benzene ring substituents is 1. The van der Waals surface area contributed by atoms with E-state index in [-0.39, 0.29) is 18.0 Å². The summed E-state index contributed by atoms with van der Waals surface area (Å²) in [7, 11) is 0. The molecular formula is C10H12N2O4. The lowest BCUT2D eigenvalue weighted by Crippen LogP contribution is -2.20. The Labute approximate surface area is 92.2 Å². The molecular weight excluding hydrogens is 212 g/mol. The van der Waals surface area contributed by atoms with E-state index in [2.05, 4.69) is 0 Å². The summed E-state index contributed by atoms with van der Waals surface area (Å²) < 4.78 is 5.03. The van der Waals surface area contributed by atoms with Crippen LogP contribution in [0.15, 0.2) is 12.1 Å². The lowest BCUT2D eigenvalue weighted by molar-refractivity contribution is -0.385. The fraction of sp³-hybridized carbons (Fsp3) is 0.300. The van der Waals surface area contributed by atoms with Gasteiger partial charge in [-0.05, 0) is 25.0 Å². The lowest BCUT2D eigenvalue weighted by Gasteiger charge is -2.08. The number of hydrogen-bond donors (Lipinski definition) is 1. The molecule has 0 spiro atoms. The predicted molar refractivity (Wildman–Crippen MR) is 57.3 cm³/mol. The first kappa shape index (κ1) is 12.0. The third-order valence-electron chi connectivity index (χ3n) is 1.95. The Morgan fingerprint density at radius 1 is 1.50 bits per heavy atom. The van der Waals surface area contributed by atoms with E-state index in [0.29, 0.717) is 5.56 Å². The van der Waals surface area contributed by atoms with Crippen molar-refractivity contribution >= 4 is 11.6 Å². The number of nitro groups is 1. The van der Waals surface area contributed by atoms with Gasteiger partial charge in [-0.1, -0.05) is 6.07 Å². The molecule has 16 heavy (non-hydrogen) atoms. The zero-order chi connectivity index (χ0) is 12.3. The van der Waals surface area contributed by atoms with Gasteiger partial charge in [0.25, 0.3) is 5.91 Å². The number of primary amides is 1. The summed E-state index contributed by atoms with van der Waals surface area (Å²) >= 11 is 0. The Bertz CT molecular complexity index is 443. The van der Waals surface area contributed by atoms with Gasteiger partial charge >= 0.3 is 5.69 Å². The van der Waals surface area contributed by atoms with Crippen molar-refractivity contribution in [3.05, 3.63) is 33.4 Å². The first-order valence-electron chi connectivity index (χ1n) is 4.58. The van der Waals surface area contributed by atoms with Crippen LogP contribution in [0.4, 0.5) is 5.69 Å². The summed E-state index contributed by atoms with van der Waals surface area (Å²) in [5.74, 6) is -0.580. The molecule has 0 aromatic heterocycles. The van der Waals surface area contributed by atoms with E-state index in [1.165, 1.54) is 6.07 Å². The quantitative estimate of drug-likeness (QED) is 0.611. The number of rotatable bonds is 4. The number of nitrogens with zero attached hydrogens (tertiary/aromatic N) is 1. The third-order valence-corrected chi connectivity index (χ3v) is 1.95. The van der Waals surface area contributed by atoms with E-state index in [1.54, 1.807) is 19.9 Å². The van der Waals surface area contributed by atoms with E-state index in [1.807, 2.05) is 0 Å². The molecule has 0 aliphatic heterocycles. The highest BCUT2D eigenvalue weighted by Crippen LogP contribution is 2.31. The maximum atomic E-state index is 10.8. The third kappa shape index (κ3) is 2.69. The molecule has 2 N–H and O–H groups in total. The molecule has 0 radical (unpaired) electrons. The van der Waals surface area contributed by atoms with Gasteiger partial charge in [-0.15, -0.1) is 0 Å². The molecule has 1 amide bonds. The maximum Gasteiger partial charge on any atom is 0.311 e. The highest BCUT2D eigenvalue weighted by Gasteiger charge is 2.18. The second-order valence-electron chi connectivity index (χ2n) is 3.44. The molecule has 6 heteroatoms. The van der Waals surface area contributed by atoms with Crippen molar-refractivity contribution in [2.75, 3.05) is 6.61 Å². The van der Waals surface area contributed by atoms with Gasteiger partial charge in [0.15, 0.2) is 6.61 Å². The van der Waals surface area contributed by atoms with Crippen molar-refractivity contribution in [1.82, 2.24) is 0 Å². The zero-order valence-corrected chi connectivity index (χ0v) is 9.02. The Morgan fingerprint density at radius 2 is 2.12 bits per heavy atom. The molecule has 0 atom stereocenters. The summed E-state index contributed by atoms with van der Waals surface area (Å²) in [5.41, 5.74) is 6.12. The minimum Gasteiger partial charge on any atom is -0.477 e. The SMILES string of the molecule is Cc1cc(C)c(OCC(N)=O)c([N+](=O)[O-])c1. The maximum absolute atomic E-state index is 10.8. The summed E-state index contributed by atoms with van der Waals surface area (Å²) in [6, 6.07) is 3.13. The number of carbonyl (C=O) groups is 1. The van der Waals surface area contributed by atoms with Crippen LogP contribution in [0.3, 0.4) is 0 Å². The van der Waals surface area contributed by atoms with E-state index >= 15 is 0 Å². The molecule has 0 fully saturated rings. The molecule has 0 unspecified atom stereocenters. The number of nitrogens with two attached hydrogens (primary N) is 1. The largest absolute Gasteiger partial charge is 0.477 e. The van der Waals surface area contributed by atoms with Crippen molar-refractivity contribution in [2.45, 2.75) is 13.8 Å². The van der Waals surface area contributed by atoms with Gasteiger partial charge in [-0.25, -0.2) is 0 Å². The van der Waals surface area contributed by atoms with E-state index in [4.69, 9.17) is 10.5 Å². The number of carbonyl (C=O) groups excluding carboxylic acids is 1. The average molecular weight is 224 g/mol. The van der Waals surface area contributed by atoms with Gasteiger partial charge in [0.2, 0.25) is 5.75 Å². The van der Waals surface area contributed by atoms with Crippen molar-refractivity contribution in [3.63, 3.8) is 0 Å². The van der Waals surface area contributed by atoms with Crippen LogP contribution < -0.4 is 10.5 Å². The highest BCUT2D eigenvalue weighted by molar-refractivity contribution is 5.75. The predicted octanol–water partition coefficient (Wildman–Crippen LogP) is 1.08. The monoisotopic (exact) mass is 224 g/mol. The highest BCUT2D eigenvalue weighted by atomic mass is 16.6. The minimum absolute atomic E-state index is 0.0920. The van der Waals surface area contributed by atoms with Gasteiger partial charge in [-0.3, -0.25) is 14.9 Å². The molecule has 0 heterocycles. The van der Waals surface area contributed by atoms with Gasteiger partial charge in [0, 0.05) is 6.07 Å². The van der Waals surface area contributed by atoms with Crippen LogP contribution in [0.2, 0.25) is 0 Å². The Morgan fingerprint density at radius 3 is 2.62 bits per heavy atom. The number of benzene rings is 1. The van der Waals surface area contributed by atoms with Gasteiger partial charge < -0.3 is 10.5 Å². The van der Waals surface area contributed by atoms with Crippen LogP contribution in [0.5, 0.6) is 5.75 Å². The van der Waals surface area contributed by atoms with Crippen molar-refractivity contribution in [1.29, 1.82) is 0 Å². The average Bonchev–Trinajstić information content (AvgIpc) is 2.14. The van der Waals surface area contributed by atoms with Crippen LogP contribution in [-0.4, -0.2) is 17.4 Å². The lowest BCUT2D eigenvalue weighted by atomic mass is 10.1. The molecule has 0 aliphatic carbocycles. The van der Waals surface area contributed by atoms with Crippen LogP contribution in [0.25, 0.3) is 0 Å².